The topological polar surface area (TPSA) is 66.9 Å². The summed E-state index contributed by atoms with van der Waals surface area (Å²) in [6, 6.07) is 12.8. The summed E-state index contributed by atoms with van der Waals surface area (Å²) in [4.78, 5) is 11.9. The zero-order valence-electron chi connectivity index (χ0n) is 13.4. The summed E-state index contributed by atoms with van der Waals surface area (Å²) in [5, 5.41) is 15.2. The summed E-state index contributed by atoms with van der Waals surface area (Å²) >= 11 is 8.88. The summed E-state index contributed by atoms with van der Waals surface area (Å²) in [5.41, 5.74) is 1.67. The van der Waals surface area contributed by atoms with Gasteiger partial charge in [-0.25, -0.2) is 9.18 Å². The van der Waals surface area contributed by atoms with Crippen LogP contribution in [-0.2, 0) is 11.5 Å². The quantitative estimate of drug-likeness (QED) is 0.572. The molecule has 5 nitrogen and oxygen atoms in total. The highest BCUT2D eigenvalue weighted by Gasteiger charge is 2.09. The maximum atomic E-state index is 12.8. The van der Waals surface area contributed by atoms with E-state index in [-0.39, 0.29) is 5.82 Å². The zero-order valence-corrected chi connectivity index (χ0v) is 15.8. The average molecular weight is 409 g/mol. The Balaban J connectivity index is 1.45. The number of rotatable bonds is 6. The van der Waals surface area contributed by atoms with E-state index in [0.717, 1.165) is 15.8 Å². The number of hydrogen-bond acceptors (Lipinski definition) is 5. The van der Waals surface area contributed by atoms with Gasteiger partial charge in [0.05, 0.1) is 0 Å². The molecule has 0 aliphatic heterocycles. The Morgan fingerprint density at radius 3 is 2.50 bits per heavy atom. The number of thioether (sulfide) groups is 1. The Bertz CT molecular complexity index is 871. The highest BCUT2D eigenvalue weighted by Crippen LogP contribution is 2.23. The molecule has 0 aliphatic rings. The van der Waals surface area contributed by atoms with E-state index in [4.69, 9.17) is 11.6 Å². The van der Waals surface area contributed by atoms with Crippen LogP contribution >= 0.6 is 34.7 Å². The van der Waals surface area contributed by atoms with Gasteiger partial charge in [-0.1, -0.05) is 35.1 Å². The lowest BCUT2D eigenvalue weighted by Crippen LogP contribution is -2.19. The third-order valence-electron chi connectivity index (χ3n) is 3.20. The first-order chi connectivity index (χ1) is 12.6. The zero-order chi connectivity index (χ0) is 18.4. The van der Waals surface area contributed by atoms with Gasteiger partial charge in [0.1, 0.15) is 10.8 Å². The molecule has 1 aromatic heterocycles. The summed E-state index contributed by atoms with van der Waals surface area (Å²) in [7, 11) is 0. The number of amides is 2. The Kier molecular flexibility index (Phi) is 6.43. The smallest absolute Gasteiger partial charge is 0.308 e. The first-order valence-electron chi connectivity index (χ1n) is 7.56. The Labute approximate surface area is 163 Å². The molecular weight excluding hydrogens is 395 g/mol. The molecule has 0 saturated heterocycles. The molecule has 0 spiro atoms. The van der Waals surface area contributed by atoms with Crippen LogP contribution in [0, 0.1) is 5.82 Å². The van der Waals surface area contributed by atoms with Crippen LogP contribution in [0.25, 0.3) is 0 Å². The van der Waals surface area contributed by atoms with Gasteiger partial charge in [0.15, 0.2) is 0 Å². The third kappa shape index (κ3) is 5.69. The fraction of sp³-hybridized carbons (Fsp3) is 0.118. The van der Waals surface area contributed by atoms with E-state index < -0.39 is 6.03 Å². The first kappa shape index (κ1) is 18.6. The molecule has 0 radical (unpaired) electrons. The van der Waals surface area contributed by atoms with Gasteiger partial charge in [-0.2, -0.15) is 0 Å². The van der Waals surface area contributed by atoms with Gasteiger partial charge >= 0.3 is 6.03 Å². The van der Waals surface area contributed by atoms with Crippen LogP contribution in [0.2, 0.25) is 5.02 Å². The molecule has 3 aromatic rings. The van der Waals surface area contributed by atoms with Gasteiger partial charge in [0, 0.05) is 22.2 Å². The van der Waals surface area contributed by atoms with Crippen molar-refractivity contribution in [3.63, 3.8) is 0 Å². The van der Waals surface area contributed by atoms with Crippen molar-refractivity contribution in [3.8, 4) is 0 Å². The fourth-order valence-corrected chi connectivity index (χ4v) is 3.90. The number of benzene rings is 2. The number of nitrogens with one attached hydrogen (secondary N) is 2. The molecule has 0 saturated carbocycles. The SMILES string of the molecule is O=C(Nc1ccc(F)cc1)Nc1nnc(CSCc2ccc(Cl)cc2)s1. The third-order valence-corrected chi connectivity index (χ3v) is 5.49. The monoisotopic (exact) mass is 408 g/mol. The molecule has 3 rings (SSSR count). The number of carbonyl (C=O) groups excluding carboxylic acids is 1. The second-order valence-corrected chi connectivity index (χ2v) is 7.69. The second kappa shape index (κ2) is 8.98. The normalized spacial score (nSPS) is 10.5. The number of halogens is 2. The summed E-state index contributed by atoms with van der Waals surface area (Å²) in [6.07, 6.45) is 0. The van der Waals surface area contributed by atoms with Crippen LogP contribution in [0.3, 0.4) is 0 Å². The van der Waals surface area contributed by atoms with Crippen LogP contribution in [0.5, 0.6) is 0 Å². The molecule has 9 heteroatoms. The standard InChI is InChI=1S/C17H14ClFN4OS2/c18-12-3-1-11(2-4-12)9-25-10-15-22-23-17(26-15)21-16(24)20-14-7-5-13(19)6-8-14/h1-8H,9-10H2,(H2,20,21,23,24). The van der Waals surface area contributed by atoms with E-state index in [9.17, 15) is 9.18 Å². The van der Waals surface area contributed by atoms with E-state index in [1.54, 1.807) is 11.8 Å². The van der Waals surface area contributed by atoms with Crippen LogP contribution in [0.1, 0.15) is 10.6 Å². The number of anilines is 2. The average Bonchev–Trinajstić information content (AvgIpc) is 3.06. The van der Waals surface area contributed by atoms with Crippen molar-refractivity contribution in [2.75, 3.05) is 10.6 Å². The van der Waals surface area contributed by atoms with Crippen molar-refractivity contribution in [2.24, 2.45) is 0 Å². The summed E-state index contributed by atoms with van der Waals surface area (Å²) in [5.74, 6) is 1.17. The molecule has 2 N–H and O–H groups in total. The Morgan fingerprint density at radius 1 is 1.04 bits per heavy atom. The first-order valence-corrected chi connectivity index (χ1v) is 9.91. The maximum Gasteiger partial charge on any atom is 0.325 e. The number of carbonyl (C=O) groups is 1. The molecular formula is C17H14ClFN4OS2. The van der Waals surface area contributed by atoms with E-state index in [0.29, 0.717) is 16.6 Å². The van der Waals surface area contributed by atoms with Gasteiger partial charge in [-0.15, -0.1) is 22.0 Å². The summed E-state index contributed by atoms with van der Waals surface area (Å²) < 4.78 is 12.8. The summed E-state index contributed by atoms with van der Waals surface area (Å²) in [6.45, 7) is 0. The minimum Gasteiger partial charge on any atom is -0.308 e. The number of nitrogens with zero attached hydrogens (tertiary/aromatic N) is 2. The largest absolute Gasteiger partial charge is 0.325 e. The second-order valence-electron chi connectivity index (χ2n) is 5.21. The predicted octanol–water partition coefficient (Wildman–Crippen LogP) is 5.41. The van der Waals surface area contributed by atoms with Gasteiger partial charge in [0.25, 0.3) is 0 Å². The maximum absolute atomic E-state index is 12.8. The van der Waals surface area contributed by atoms with Crippen molar-refractivity contribution in [1.82, 2.24) is 10.2 Å². The molecule has 2 aromatic carbocycles. The number of hydrogen-bond donors (Lipinski definition) is 2. The van der Waals surface area contributed by atoms with Gasteiger partial charge < -0.3 is 5.32 Å². The van der Waals surface area contributed by atoms with Gasteiger partial charge in [-0.05, 0) is 42.0 Å². The molecule has 2 amide bonds. The lowest BCUT2D eigenvalue weighted by atomic mass is 10.2. The fourth-order valence-electron chi connectivity index (χ4n) is 1.99. The lowest BCUT2D eigenvalue weighted by molar-refractivity contribution is 0.262. The molecule has 26 heavy (non-hydrogen) atoms. The highest BCUT2D eigenvalue weighted by atomic mass is 35.5. The van der Waals surface area contributed by atoms with Gasteiger partial charge in [0.2, 0.25) is 5.13 Å². The highest BCUT2D eigenvalue weighted by molar-refractivity contribution is 7.97. The van der Waals surface area contributed by atoms with Crippen LogP contribution in [0.15, 0.2) is 48.5 Å². The predicted molar refractivity (Wildman–Crippen MR) is 105 cm³/mol. The molecule has 0 fully saturated rings. The molecule has 134 valence electrons. The molecule has 0 bridgehead atoms. The van der Waals surface area contributed by atoms with Crippen molar-refractivity contribution in [3.05, 3.63) is 69.9 Å². The van der Waals surface area contributed by atoms with Gasteiger partial charge in [-0.3, -0.25) is 5.32 Å². The van der Waals surface area contributed by atoms with E-state index in [1.807, 2.05) is 24.3 Å². The lowest BCUT2D eigenvalue weighted by Gasteiger charge is -2.04. The number of aromatic nitrogens is 2. The molecule has 0 aliphatic carbocycles. The number of urea groups is 1. The van der Waals surface area contributed by atoms with Crippen LogP contribution < -0.4 is 10.6 Å². The molecule has 0 atom stereocenters. The van der Waals surface area contributed by atoms with E-state index in [2.05, 4.69) is 20.8 Å². The van der Waals surface area contributed by atoms with Crippen molar-refractivity contribution < 1.29 is 9.18 Å². The van der Waals surface area contributed by atoms with E-state index >= 15 is 0 Å². The molecule has 1 heterocycles. The minimum absolute atomic E-state index is 0.360. The Morgan fingerprint density at radius 2 is 1.77 bits per heavy atom. The van der Waals surface area contributed by atoms with Crippen molar-refractivity contribution in [2.45, 2.75) is 11.5 Å². The van der Waals surface area contributed by atoms with Crippen LogP contribution in [-0.4, -0.2) is 16.2 Å². The Hall–Kier alpha value is -2.16. The van der Waals surface area contributed by atoms with Crippen LogP contribution in [0.4, 0.5) is 20.0 Å². The minimum atomic E-state index is -0.451. The van der Waals surface area contributed by atoms with Crippen molar-refractivity contribution in [1.29, 1.82) is 0 Å². The van der Waals surface area contributed by atoms with Crippen molar-refractivity contribution >= 4 is 51.5 Å². The molecule has 0 unspecified atom stereocenters. The van der Waals surface area contributed by atoms with E-state index in [1.165, 1.54) is 41.2 Å².